The summed E-state index contributed by atoms with van der Waals surface area (Å²) >= 11 is 0. The van der Waals surface area contributed by atoms with Crippen molar-refractivity contribution >= 4 is 11.9 Å². The molecule has 2 bridgehead atoms. The molecule has 3 saturated heterocycles. The van der Waals surface area contributed by atoms with Crippen LogP contribution in [0.2, 0.25) is 0 Å². The third kappa shape index (κ3) is 2.66. The number of hydrogen-bond acceptors (Lipinski definition) is 7. The van der Waals surface area contributed by atoms with Crippen molar-refractivity contribution in [3.8, 4) is 0 Å². The second-order valence-corrected chi connectivity index (χ2v) is 8.92. The van der Waals surface area contributed by atoms with Gasteiger partial charge < -0.3 is 19.3 Å². The summed E-state index contributed by atoms with van der Waals surface area (Å²) in [5.41, 5.74) is -0.0272. The van der Waals surface area contributed by atoms with E-state index in [4.69, 9.17) is 14.2 Å². The van der Waals surface area contributed by atoms with Crippen molar-refractivity contribution in [3.63, 3.8) is 0 Å². The molecule has 0 amide bonds. The van der Waals surface area contributed by atoms with E-state index in [1.165, 1.54) is 6.42 Å². The second kappa shape index (κ2) is 6.03. The van der Waals surface area contributed by atoms with E-state index in [1.54, 1.807) is 0 Å². The summed E-state index contributed by atoms with van der Waals surface area (Å²) in [6.07, 6.45) is 3.60. The van der Waals surface area contributed by atoms with Crippen LogP contribution in [-0.2, 0) is 23.8 Å². The third-order valence-corrected chi connectivity index (χ3v) is 7.13. The number of aliphatic hydroxyl groups is 1. The maximum atomic E-state index is 12.8. The fraction of sp³-hybridized carbons (Fsp3) is 0.800. The minimum absolute atomic E-state index is 0.210. The van der Waals surface area contributed by atoms with Crippen LogP contribution in [0.25, 0.3) is 0 Å². The molecule has 4 heterocycles. The summed E-state index contributed by atoms with van der Waals surface area (Å²) < 4.78 is 17.2. The molecule has 0 aromatic heterocycles. The number of piperidine rings is 1. The molecule has 8 unspecified atom stereocenters. The van der Waals surface area contributed by atoms with Crippen molar-refractivity contribution in [2.24, 2.45) is 11.8 Å². The Morgan fingerprint density at radius 1 is 1.19 bits per heavy atom. The zero-order chi connectivity index (χ0) is 18.9. The van der Waals surface area contributed by atoms with Gasteiger partial charge in [0.25, 0.3) is 0 Å². The van der Waals surface area contributed by atoms with E-state index in [0.29, 0.717) is 12.0 Å². The highest BCUT2D eigenvalue weighted by Crippen LogP contribution is 2.50. The molecule has 0 aromatic carbocycles. The molecule has 5 rings (SSSR count). The van der Waals surface area contributed by atoms with Crippen molar-refractivity contribution in [1.82, 2.24) is 4.90 Å². The van der Waals surface area contributed by atoms with E-state index >= 15 is 0 Å². The average Bonchev–Trinajstić information content (AvgIpc) is 3.05. The quantitative estimate of drug-likeness (QED) is 0.534. The van der Waals surface area contributed by atoms with Gasteiger partial charge in [-0.05, 0) is 38.9 Å². The molecule has 27 heavy (non-hydrogen) atoms. The summed E-state index contributed by atoms with van der Waals surface area (Å²) in [5.74, 6) is -1.18. The molecule has 0 saturated carbocycles. The lowest BCUT2D eigenvalue weighted by Gasteiger charge is -2.37. The number of fused-ring (bicyclic) bond motifs is 4. The molecule has 0 radical (unpaired) electrons. The molecule has 1 N–H and O–H groups in total. The van der Waals surface area contributed by atoms with Gasteiger partial charge in [-0.3, -0.25) is 9.69 Å². The van der Waals surface area contributed by atoms with Crippen LogP contribution < -0.4 is 0 Å². The van der Waals surface area contributed by atoms with Gasteiger partial charge >= 0.3 is 11.9 Å². The molecule has 0 spiro atoms. The molecule has 148 valence electrons. The number of esters is 2. The molecule has 1 aliphatic carbocycles. The van der Waals surface area contributed by atoms with E-state index < -0.39 is 23.9 Å². The average molecular weight is 377 g/mol. The molecule has 7 heteroatoms. The molecular formula is C20H27NO6. The van der Waals surface area contributed by atoms with E-state index in [0.717, 1.165) is 25.9 Å². The Bertz CT molecular complexity index is 701. The van der Waals surface area contributed by atoms with Gasteiger partial charge in [0.15, 0.2) is 0 Å². The minimum atomic E-state index is -0.809. The van der Waals surface area contributed by atoms with Crippen molar-refractivity contribution in [3.05, 3.63) is 11.6 Å². The molecule has 0 aromatic rings. The number of hydrogen-bond donors (Lipinski definition) is 1. The van der Waals surface area contributed by atoms with Gasteiger partial charge in [-0.2, -0.15) is 0 Å². The summed E-state index contributed by atoms with van der Waals surface area (Å²) in [7, 11) is 0. The first-order valence-electron chi connectivity index (χ1n) is 10.1. The maximum Gasteiger partial charge on any atom is 0.336 e. The Kier molecular flexibility index (Phi) is 3.94. The second-order valence-electron chi connectivity index (χ2n) is 8.92. The first kappa shape index (κ1) is 17.6. The summed E-state index contributed by atoms with van der Waals surface area (Å²) in [6.45, 7) is 5.50. The molecule has 4 aliphatic heterocycles. The first-order chi connectivity index (χ1) is 12.9. The summed E-state index contributed by atoms with van der Waals surface area (Å²) in [5, 5.41) is 11.2. The topological polar surface area (TPSA) is 88.6 Å². The van der Waals surface area contributed by atoms with Gasteiger partial charge in [0.2, 0.25) is 0 Å². The Labute approximate surface area is 158 Å². The highest BCUT2D eigenvalue weighted by molar-refractivity contribution is 5.92. The largest absolute Gasteiger partial charge is 0.462 e. The van der Waals surface area contributed by atoms with Crippen LogP contribution in [0.4, 0.5) is 0 Å². The van der Waals surface area contributed by atoms with Crippen LogP contribution >= 0.6 is 0 Å². The van der Waals surface area contributed by atoms with Gasteiger partial charge in [0.1, 0.15) is 24.4 Å². The van der Waals surface area contributed by atoms with Crippen molar-refractivity contribution in [2.75, 3.05) is 13.1 Å². The van der Waals surface area contributed by atoms with Gasteiger partial charge in [-0.15, -0.1) is 0 Å². The molecule has 7 nitrogen and oxygen atoms in total. The first-order valence-corrected chi connectivity index (χ1v) is 10.1. The van der Waals surface area contributed by atoms with Gasteiger partial charge in [-0.25, -0.2) is 4.79 Å². The number of likely N-dealkylation sites (tertiary alicyclic amines) is 1. The number of rotatable bonds is 1. The van der Waals surface area contributed by atoms with Gasteiger partial charge in [-0.1, -0.05) is 13.3 Å². The van der Waals surface area contributed by atoms with Crippen LogP contribution in [0, 0.1) is 11.8 Å². The lowest BCUT2D eigenvalue weighted by Crippen LogP contribution is -2.51. The predicted molar refractivity (Wildman–Crippen MR) is 93.6 cm³/mol. The standard InChI is InChI=1S/C20H27NO6/c1-10-14-12-8-11(19(24)25-12)15(21-6-4-3-5-7-21)16(22)17-20(2,27-17)9-13(14)26-18(10)23/h8,10,12-17,22H,3-7,9H2,1-2H3. The van der Waals surface area contributed by atoms with Gasteiger partial charge in [0, 0.05) is 12.3 Å². The zero-order valence-corrected chi connectivity index (χ0v) is 15.8. The van der Waals surface area contributed by atoms with Crippen molar-refractivity contribution in [2.45, 2.75) is 75.6 Å². The van der Waals surface area contributed by atoms with Gasteiger partial charge in [0.05, 0.1) is 23.1 Å². The zero-order valence-electron chi connectivity index (χ0n) is 15.8. The Morgan fingerprint density at radius 3 is 2.67 bits per heavy atom. The lowest BCUT2D eigenvalue weighted by molar-refractivity contribution is -0.144. The third-order valence-electron chi connectivity index (χ3n) is 7.13. The highest BCUT2D eigenvalue weighted by Gasteiger charge is 2.64. The SMILES string of the molecule is CC1C(=O)OC2CC3(C)OC3C(O)C(N3CCCCC3)C3=CC(OC3=O)C21. The van der Waals surface area contributed by atoms with Crippen LogP contribution in [0.5, 0.6) is 0 Å². The Balaban J connectivity index is 1.56. The fourth-order valence-electron chi connectivity index (χ4n) is 5.58. The summed E-state index contributed by atoms with van der Waals surface area (Å²) in [6, 6.07) is -0.417. The molecule has 8 atom stereocenters. The van der Waals surface area contributed by atoms with Crippen LogP contribution in [0.1, 0.15) is 39.5 Å². The highest BCUT2D eigenvalue weighted by atomic mass is 16.6. The smallest absolute Gasteiger partial charge is 0.336 e. The van der Waals surface area contributed by atoms with Crippen LogP contribution in [-0.4, -0.2) is 71.1 Å². The van der Waals surface area contributed by atoms with E-state index in [2.05, 4.69) is 4.90 Å². The van der Waals surface area contributed by atoms with Crippen molar-refractivity contribution in [1.29, 1.82) is 0 Å². The number of carbonyl (C=O) groups is 2. The predicted octanol–water partition coefficient (Wildman–Crippen LogP) is 0.792. The lowest BCUT2D eigenvalue weighted by atomic mass is 9.79. The Morgan fingerprint density at radius 2 is 1.93 bits per heavy atom. The van der Waals surface area contributed by atoms with E-state index in [1.807, 2.05) is 19.9 Å². The minimum Gasteiger partial charge on any atom is -0.462 e. The normalized spacial score (nSPS) is 49.6. The monoisotopic (exact) mass is 377 g/mol. The number of nitrogens with zero attached hydrogens (tertiary/aromatic N) is 1. The fourth-order valence-corrected chi connectivity index (χ4v) is 5.58. The number of carbonyl (C=O) groups excluding carboxylic acids is 2. The molecular weight excluding hydrogens is 350 g/mol. The van der Waals surface area contributed by atoms with Crippen LogP contribution in [0.3, 0.4) is 0 Å². The molecule has 3 fully saturated rings. The molecule has 5 aliphatic rings. The van der Waals surface area contributed by atoms with E-state index in [-0.39, 0.29) is 36.0 Å². The van der Waals surface area contributed by atoms with E-state index in [9.17, 15) is 14.7 Å². The van der Waals surface area contributed by atoms with Crippen LogP contribution in [0.15, 0.2) is 11.6 Å². The summed E-state index contributed by atoms with van der Waals surface area (Å²) in [4.78, 5) is 27.2. The Hall–Kier alpha value is -1.44. The van der Waals surface area contributed by atoms with Crippen molar-refractivity contribution < 1.29 is 28.9 Å². The number of epoxide rings is 1. The number of ether oxygens (including phenoxy) is 3. The number of aliphatic hydroxyl groups excluding tert-OH is 1. The maximum absolute atomic E-state index is 12.8.